The summed E-state index contributed by atoms with van der Waals surface area (Å²) in [5.74, 6) is 0.795. The van der Waals surface area contributed by atoms with E-state index in [4.69, 9.17) is 4.42 Å². The number of aromatic nitrogens is 2. The average molecular weight is 411 g/mol. The predicted molar refractivity (Wildman–Crippen MR) is 124 cm³/mol. The van der Waals surface area contributed by atoms with Crippen LogP contribution in [0.1, 0.15) is 108 Å². The van der Waals surface area contributed by atoms with E-state index in [9.17, 15) is 4.79 Å². The number of hydrogen-bond donors (Lipinski definition) is 0. The highest BCUT2D eigenvalue weighted by molar-refractivity contribution is 5.91. The van der Waals surface area contributed by atoms with Crippen LogP contribution >= 0.6 is 0 Å². The van der Waals surface area contributed by atoms with E-state index in [2.05, 4.69) is 29.0 Å². The van der Waals surface area contributed by atoms with Gasteiger partial charge in [-0.2, -0.15) is 0 Å². The fourth-order valence-electron chi connectivity index (χ4n) is 3.51. The average Bonchev–Trinajstić information content (AvgIpc) is 3.27. The van der Waals surface area contributed by atoms with Crippen molar-refractivity contribution >= 4 is 5.78 Å². The second-order valence-corrected chi connectivity index (χ2v) is 8.03. The van der Waals surface area contributed by atoms with Gasteiger partial charge in [-0.3, -0.25) is 9.78 Å². The van der Waals surface area contributed by atoms with Gasteiger partial charge in [0.2, 0.25) is 5.78 Å². The number of allylic oxidation sites excluding steroid dienone is 2. The molecular formula is C26H38N2O2. The second kappa shape index (κ2) is 15.6. The van der Waals surface area contributed by atoms with Crippen LogP contribution in [0.3, 0.4) is 0 Å². The van der Waals surface area contributed by atoms with Crippen molar-refractivity contribution in [1.82, 2.24) is 9.97 Å². The lowest BCUT2D eigenvalue weighted by Crippen LogP contribution is -1.98. The maximum atomic E-state index is 12.2. The van der Waals surface area contributed by atoms with Crippen molar-refractivity contribution in [1.29, 1.82) is 0 Å². The Kier molecular flexibility index (Phi) is 12.5. The molecule has 0 fully saturated rings. The van der Waals surface area contributed by atoms with Crippen molar-refractivity contribution in [3.63, 3.8) is 0 Å². The third kappa shape index (κ3) is 10.00. The van der Waals surface area contributed by atoms with Crippen LogP contribution in [0, 0.1) is 0 Å². The summed E-state index contributed by atoms with van der Waals surface area (Å²) >= 11 is 0. The summed E-state index contributed by atoms with van der Waals surface area (Å²) in [7, 11) is 0. The molecule has 0 radical (unpaired) electrons. The number of hydrogen-bond acceptors (Lipinski definition) is 4. The SMILES string of the molecule is CCCCCCCC/C=C\CCCCCCCC(=O)c1ncc(-c2cccnc2)o1. The summed E-state index contributed by atoms with van der Waals surface area (Å²) in [5, 5.41) is 0. The Labute approximate surface area is 182 Å². The van der Waals surface area contributed by atoms with Crippen LogP contribution < -0.4 is 0 Å². The van der Waals surface area contributed by atoms with Gasteiger partial charge in [-0.25, -0.2) is 4.98 Å². The van der Waals surface area contributed by atoms with Crippen LogP contribution in [0.25, 0.3) is 11.3 Å². The van der Waals surface area contributed by atoms with Gasteiger partial charge in [0, 0.05) is 24.4 Å². The smallest absolute Gasteiger partial charge is 0.263 e. The molecule has 4 heteroatoms. The Bertz CT molecular complexity index is 722. The number of rotatable bonds is 17. The van der Waals surface area contributed by atoms with Crippen molar-refractivity contribution in [3.8, 4) is 11.3 Å². The van der Waals surface area contributed by atoms with Gasteiger partial charge in [-0.05, 0) is 44.2 Å². The van der Waals surface area contributed by atoms with E-state index in [1.807, 2.05) is 12.1 Å². The number of oxazole rings is 1. The van der Waals surface area contributed by atoms with Crippen LogP contribution in [0.15, 0.2) is 47.3 Å². The molecule has 0 aliphatic rings. The largest absolute Gasteiger partial charge is 0.434 e. The molecule has 4 nitrogen and oxygen atoms in total. The highest BCUT2D eigenvalue weighted by atomic mass is 16.4. The Morgan fingerprint density at radius 1 is 0.900 bits per heavy atom. The molecular weight excluding hydrogens is 372 g/mol. The number of Topliss-reactive ketones (excluding diaryl/α,β-unsaturated/α-hetero) is 1. The normalized spacial score (nSPS) is 11.4. The van der Waals surface area contributed by atoms with E-state index >= 15 is 0 Å². The molecule has 0 amide bonds. The number of nitrogens with zero attached hydrogens (tertiary/aromatic N) is 2. The summed E-state index contributed by atoms with van der Waals surface area (Å²) in [6.07, 6.45) is 26.5. The van der Waals surface area contributed by atoms with Crippen molar-refractivity contribution in [2.45, 2.75) is 96.8 Å². The first-order valence-electron chi connectivity index (χ1n) is 11.9. The van der Waals surface area contributed by atoms with Gasteiger partial charge < -0.3 is 4.42 Å². The zero-order chi connectivity index (χ0) is 21.3. The number of pyridine rings is 1. The lowest BCUT2D eigenvalue weighted by atomic mass is 10.1. The number of carbonyl (C=O) groups is 1. The molecule has 0 saturated carbocycles. The topological polar surface area (TPSA) is 56.0 Å². The van der Waals surface area contributed by atoms with Crippen molar-refractivity contribution in [2.24, 2.45) is 0 Å². The van der Waals surface area contributed by atoms with Crippen LogP contribution in [0.2, 0.25) is 0 Å². The first-order chi connectivity index (χ1) is 14.8. The quantitative estimate of drug-likeness (QED) is 0.151. The predicted octanol–water partition coefficient (Wildman–Crippen LogP) is 7.96. The zero-order valence-electron chi connectivity index (χ0n) is 18.7. The van der Waals surface area contributed by atoms with Crippen LogP contribution in [0.4, 0.5) is 0 Å². The first kappa shape index (κ1) is 24.0. The summed E-state index contributed by atoms with van der Waals surface area (Å²) in [6.45, 7) is 2.26. The van der Waals surface area contributed by atoms with E-state index in [1.54, 1.807) is 18.6 Å². The standard InChI is InChI=1S/C26H38N2O2/c1-2-3-4-5-6-7-8-9-10-11-12-13-14-15-16-19-24(29)26-28-22-25(30-26)23-18-17-20-27-21-23/h9-10,17-18,20-22H,2-8,11-16,19H2,1H3/b10-9-. The van der Waals surface area contributed by atoms with Crippen molar-refractivity contribution in [3.05, 3.63) is 48.8 Å². The van der Waals surface area contributed by atoms with Gasteiger partial charge >= 0.3 is 0 Å². The minimum absolute atomic E-state index is 0.0113. The van der Waals surface area contributed by atoms with Gasteiger partial charge in [0.25, 0.3) is 5.89 Å². The van der Waals surface area contributed by atoms with Gasteiger partial charge in [0.05, 0.1) is 6.20 Å². The lowest BCUT2D eigenvalue weighted by Gasteiger charge is -2.00. The maximum absolute atomic E-state index is 12.2. The molecule has 0 aliphatic carbocycles. The molecule has 0 atom stereocenters. The Hall–Kier alpha value is -2.23. The van der Waals surface area contributed by atoms with E-state index < -0.39 is 0 Å². The third-order valence-electron chi connectivity index (χ3n) is 5.36. The second-order valence-electron chi connectivity index (χ2n) is 8.03. The molecule has 2 rings (SSSR count). The van der Waals surface area contributed by atoms with Crippen LogP contribution in [-0.4, -0.2) is 15.8 Å². The summed E-state index contributed by atoms with van der Waals surface area (Å²) in [6, 6.07) is 3.73. The summed E-state index contributed by atoms with van der Waals surface area (Å²) in [5.41, 5.74) is 0.838. The highest BCUT2D eigenvalue weighted by Gasteiger charge is 2.13. The van der Waals surface area contributed by atoms with Gasteiger partial charge in [0.1, 0.15) is 0 Å². The molecule has 0 spiro atoms. The molecule has 0 N–H and O–H groups in total. The van der Waals surface area contributed by atoms with E-state index in [1.165, 1.54) is 70.6 Å². The van der Waals surface area contributed by atoms with E-state index in [0.29, 0.717) is 12.2 Å². The highest BCUT2D eigenvalue weighted by Crippen LogP contribution is 2.20. The van der Waals surface area contributed by atoms with Gasteiger partial charge in [-0.15, -0.1) is 0 Å². The maximum Gasteiger partial charge on any atom is 0.263 e. The molecule has 164 valence electrons. The van der Waals surface area contributed by atoms with E-state index in [0.717, 1.165) is 18.4 Å². The molecule has 0 unspecified atom stereocenters. The van der Waals surface area contributed by atoms with E-state index in [-0.39, 0.29) is 11.7 Å². The summed E-state index contributed by atoms with van der Waals surface area (Å²) in [4.78, 5) is 20.4. The molecule has 2 aromatic heterocycles. The van der Waals surface area contributed by atoms with Crippen LogP contribution in [-0.2, 0) is 0 Å². The molecule has 0 aromatic carbocycles. The van der Waals surface area contributed by atoms with Gasteiger partial charge in [-0.1, -0.05) is 70.4 Å². The molecule has 2 heterocycles. The zero-order valence-corrected chi connectivity index (χ0v) is 18.7. The minimum Gasteiger partial charge on any atom is -0.434 e. The van der Waals surface area contributed by atoms with Crippen LogP contribution in [0.5, 0.6) is 0 Å². The summed E-state index contributed by atoms with van der Waals surface area (Å²) < 4.78 is 5.60. The Balaban J connectivity index is 1.45. The fraction of sp³-hybridized carbons (Fsp3) is 0.577. The lowest BCUT2D eigenvalue weighted by molar-refractivity contribution is 0.0946. The number of ketones is 1. The van der Waals surface area contributed by atoms with Crippen molar-refractivity contribution < 1.29 is 9.21 Å². The van der Waals surface area contributed by atoms with Gasteiger partial charge in [0.15, 0.2) is 5.76 Å². The molecule has 0 saturated heterocycles. The number of unbranched alkanes of at least 4 members (excludes halogenated alkanes) is 11. The molecule has 30 heavy (non-hydrogen) atoms. The fourth-order valence-corrected chi connectivity index (χ4v) is 3.51. The monoisotopic (exact) mass is 410 g/mol. The minimum atomic E-state index is -0.0113. The molecule has 0 bridgehead atoms. The molecule has 0 aliphatic heterocycles. The molecule has 2 aromatic rings. The first-order valence-corrected chi connectivity index (χ1v) is 11.9. The Morgan fingerprint density at radius 2 is 1.57 bits per heavy atom. The Morgan fingerprint density at radius 3 is 2.23 bits per heavy atom. The van der Waals surface area contributed by atoms with Crippen molar-refractivity contribution in [2.75, 3.05) is 0 Å². The third-order valence-corrected chi connectivity index (χ3v) is 5.36. The number of carbonyl (C=O) groups excluding carboxylic acids is 1.